The fourth-order valence-electron chi connectivity index (χ4n) is 1.79. The molecule has 0 atom stereocenters. The summed E-state index contributed by atoms with van der Waals surface area (Å²) >= 11 is 3.28. The largest absolute Gasteiger partial charge is 0.398 e. The first-order valence-corrected chi connectivity index (χ1v) is 8.91. The van der Waals surface area contributed by atoms with Crippen LogP contribution in [0.1, 0.15) is 25.8 Å². The van der Waals surface area contributed by atoms with Crippen molar-refractivity contribution in [1.82, 2.24) is 4.72 Å². The Morgan fingerprint density at radius 1 is 1.38 bits per heavy atom. The molecule has 3 N–H and O–H groups in total. The Morgan fingerprint density at radius 2 is 2.00 bits per heavy atom. The van der Waals surface area contributed by atoms with Crippen molar-refractivity contribution in [1.29, 1.82) is 0 Å². The van der Waals surface area contributed by atoms with Crippen LogP contribution in [0.2, 0.25) is 0 Å². The normalized spacial score (nSPS) is 12.6. The van der Waals surface area contributed by atoms with Gasteiger partial charge in [0.15, 0.2) is 0 Å². The van der Waals surface area contributed by atoms with Gasteiger partial charge in [0.2, 0.25) is 10.0 Å². The van der Waals surface area contributed by atoms with Crippen molar-refractivity contribution in [2.24, 2.45) is 5.41 Å². The number of rotatable bonds is 7. The van der Waals surface area contributed by atoms with Crippen LogP contribution < -0.4 is 10.5 Å². The van der Waals surface area contributed by atoms with Gasteiger partial charge in [0.1, 0.15) is 0 Å². The van der Waals surface area contributed by atoms with E-state index in [1.54, 1.807) is 26.2 Å². The molecule has 1 aromatic carbocycles. The highest BCUT2D eigenvalue weighted by Gasteiger charge is 2.24. The van der Waals surface area contributed by atoms with Gasteiger partial charge < -0.3 is 10.5 Å². The summed E-state index contributed by atoms with van der Waals surface area (Å²) in [5, 5.41) is 0. The van der Waals surface area contributed by atoms with Gasteiger partial charge in [-0.1, -0.05) is 29.8 Å². The standard InChI is InChI=1S/C14H23BrN2O3S/c1-10-12(16)7-11(15)8-13(10)21(18,19)17-9-14(2,3)5-6-20-4/h7-8,17H,5-6,9,16H2,1-4H3. The molecule has 1 aromatic rings. The molecule has 0 saturated heterocycles. The fraction of sp³-hybridized carbons (Fsp3) is 0.571. The third-order valence-corrected chi connectivity index (χ3v) is 5.36. The molecule has 0 heterocycles. The van der Waals surface area contributed by atoms with Crippen LogP contribution >= 0.6 is 15.9 Å². The average molecular weight is 379 g/mol. The number of benzene rings is 1. The van der Waals surface area contributed by atoms with Crippen molar-refractivity contribution in [3.63, 3.8) is 0 Å². The van der Waals surface area contributed by atoms with E-state index >= 15 is 0 Å². The quantitative estimate of drug-likeness (QED) is 0.714. The van der Waals surface area contributed by atoms with Crippen LogP contribution in [0.3, 0.4) is 0 Å². The summed E-state index contributed by atoms with van der Waals surface area (Å²) in [6, 6.07) is 3.26. The number of sulfonamides is 1. The first-order chi connectivity index (χ1) is 9.59. The van der Waals surface area contributed by atoms with Gasteiger partial charge in [-0.15, -0.1) is 0 Å². The Kier molecular flexibility index (Phi) is 6.22. The zero-order valence-electron chi connectivity index (χ0n) is 12.9. The van der Waals surface area contributed by atoms with E-state index in [0.717, 1.165) is 6.42 Å². The van der Waals surface area contributed by atoms with E-state index in [1.807, 2.05) is 13.8 Å². The molecule has 0 radical (unpaired) electrons. The van der Waals surface area contributed by atoms with Crippen molar-refractivity contribution in [2.45, 2.75) is 32.1 Å². The van der Waals surface area contributed by atoms with Gasteiger partial charge in [-0.3, -0.25) is 0 Å². The second kappa shape index (κ2) is 7.09. The maximum absolute atomic E-state index is 12.5. The van der Waals surface area contributed by atoms with E-state index < -0.39 is 10.0 Å². The summed E-state index contributed by atoms with van der Waals surface area (Å²) in [7, 11) is -1.96. The number of hydrogen-bond donors (Lipinski definition) is 2. The van der Waals surface area contributed by atoms with Crippen LogP contribution in [0.25, 0.3) is 0 Å². The molecule has 7 heteroatoms. The summed E-state index contributed by atoms with van der Waals surface area (Å²) in [6.07, 6.45) is 0.769. The second-order valence-electron chi connectivity index (χ2n) is 5.85. The van der Waals surface area contributed by atoms with Crippen LogP contribution in [0.4, 0.5) is 5.69 Å². The smallest absolute Gasteiger partial charge is 0.240 e. The van der Waals surface area contributed by atoms with E-state index in [2.05, 4.69) is 20.7 Å². The number of halogens is 1. The minimum absolute atomic E-state index is 0.186. The molecule has 0 aliphatic heterocycles. The monoisotopic (exact) mass is 378 g/mol. The highest BCUT2D eigenvalue weighted by atomic mass is 79.9. The van der Waals surface area contributed by atoms with Gasteiger partial charge in [0.25, 0.3) is 0 Å². The lowest BCUT2D eigenvalue weighted by Crippen LogP contribution is -2.35. The van der Waals surface area contributed by atoms with Crippen LogP contribution in [0.5, 0.6) is 0 Å². The Bertz CT molecular complexity index is 600. The number of nitrogens with two attached hydrogens (primary N) is 1. The van der Waals surface area contributed by atoms with Crippen LogP contribution in [-0.2, 0) is 14.8 Å². The molecule has 0 amide bonds. The number of anilines is 1. The number of hydrogen-bond acceptors (Lipinski definition) is 4. The van der Waals surface area contributed by atoms with Crippen molar-refractivity contribution in [3.8, 4) is 0 Å². The van der Waals surface area contributed by atoms with Gasteiger partial charge >= 0.3 is 0 Å². The maximum atomic E-state index is 12.5. The van der Waals surface area contributed by atoms with Crippen molar-refractivity contribution in [3.05, 3.63) is 22.2 Å². The Labute approximate surface area is 135 Å². The molecule has 0 aliphatic carbocycles. The van der Waals surface area contributed by atoms with Crippen LogP contribution in [0.15, 0.2) is 21.5 Å². The van der Waals surface area contributed by atoms with E-state index in [9.17, 15) is 8.42 Å². The van der Waals surface area contributed by atoms with Gasteiger partial charge in [-0.05, 0) is 36.5 Å². The van der Waals surface area contributed by atoms with Crippen molar-refractivity contribution in [2.75, 3.05) is 26.0 Å². The summed E-state index contributed by atoms with van der Waals surface area (Å²) in [6.45, 7) is 6.63. The highest BCUT2D eigenvalue weighted by molar-refractivity contribution is 9.10. The lowest BCUT2D eigenvalue weighted by Gasteiger charge is -2.24. The van der Waals surface area contributed by atoms with E-state index in [1.165, 1.54) is 0 Å². The van der Waals surface area contributed by atoms with Crippen LogP contribution in [0, 0.1) is 12.3 Å². The maximum Gasteiger partial charge on any atom is 0.240 e. The Balaban J connectivity index is 2.93. The second-order valence-corrected chi connectivity index (χ2v) is 8.50. The molecule has 0 aromatic heterocycles. The zero-order chi connectivity index (χ0) is 16.3. The summed E-state index contributed by atoms with van der Waals surface area (Å²) in [5.41, 5.74) is 6.64. The molecule has 0 unspecified atom stereocenters. The fourth-order valence-corrected chi connectivity index (χ4v) is 3.95. The highest BCUT2D eigenvalue weighted by Crippen LogP contribution is 2.27. The SMILES string of the molecule is COCCC(C)(C)CNS(=O)(=O)c1cc(Br)cc(N)c1C. The van der Waals surface area contributed by atoms with E-state index in [0.29, 0.717) is 28.9 Å². The summed E-state index contributed by atoms with van der Waals surface area (Å²) in [4.78, 5) is 0.205. The number of methoxy groups -OCH3 is 1. The lowest BCUT2D eigenvalue weighted by molar-refractivity contribution is 0.153. The topological polar surface area (TPSA) is 81.4 Å². The molecule has 0 aliphatic rings. The molecule has 0 bridgehead atoms. The first kappa shape index (κ1) is 18.4. The zero-order valence-corrected chi connectivity index (χ0v) is 15.3. The lowest BCUT2D eigenvalue weighted by atomic mass is 9.90. The van der Waals surface area contributed by atoms with Crippen molar-refractivity contribution < 1.29 is 13.2 Å². The average Bonchev–Trinajstić information content (AvgIpc) is 2.38. The third kappa shape index (κ3) is 5.25. The first-order valence-electron chi connectivity index (χ1n) is 6.63. The van der Waals surface area contributed by atoms with E-state index in [-0.39, 0.29) is 10.3 Å². The molecule has 5 nitrogen and oxygen atoms in total. The van der Waals surface area contributed by atoms with Gasteiger partial charge in [0, 0.05) is 30.4 Å². The van der Waals surface area contributed by atoms with E-state index in [4.69, 9.17) is 10.5 Å². The predicted molar refractivity (Wildman–Crippen MR) is 88.8 cm³/mol. The molecular formula is C14H23BrN2O3S. The van der Waals surface area contributed by atoms with Gasteiger partial charge in [-0.25, -0.2) is 13.1 Å². The summed E-state index contributed by atoms with van der Waals surface area (Å²) in [5.74, 6) is 0. The minimum Gasteiger partial charge on any atom is -0.398 e. The number of nitrogen functional groups attached to an aromatic ring is 1. The summed E-state index contributed by atoms with van der Waals surface area (Å²) < 4.78 is 33.3. The Morgan fingerprint density at radius 3 is 2.57 bits per heavy atom. The predicted octanol–water partition coefficient (Wildman–Crippen LogP) is 2.68. The third-order valence-electron chi connectivity index (χ3n) is 3.38. The minimum atomic E-state index is -3.59. The number of nitrogens with one attached hydrogen (secondary N) is 1. The van der Waals surface area contributed by atoms with Crippen LogP contribution in [-0.4, -0.2) is 28.7 Å². The molecular weight excluding hydrogens is 356 g/mol. The number of ether oxygens (including phenoxy) is 1. The molecule has 21 heavy (non-hydrogen) atoms. The molecule has 0 spiro atoms. The molecule has 0 fully saturated rings. The van der Waals surface area contributed by atoms with Crippen molar-refractivity contribution >= 4 is 31.6 Å². The molecule has 1 rings (SSSR count). The molecule has 120 valence electrons. The van der Waals surface area contributed by atoms with Gasteiger partial charge in [0.05, 0.1) is 4.90 Å². The Hall–Kier alpha value is -0.630. The van der Waals surface area contributed by atoms with Gasteiger partial charge in [-0.2, -0.15) is 0 Å². The molecule has 0 saturated carbocycles.